The lowest BCUT2D eigenvalue weighted by Crippen LogP contribution is -2.20. The fourth-order valence-corrected chi connectivity index (χ4v) is 2.07. The number of carbonyl (C=O) groups is 1. The quantitative estimate of drug-likeness (QED) is 0.830. The zero-order valence-electron chi connectivity index (χ0n) is 10.7. The second kappa shape index (κ2) is 5.40. The molecule has 2 rings (SSSR count). The molecule has 1 atom stereocenters. The standard InChI is InChI=1S/C14H18O4/c1-3-10(8-15)14(16)11-7-13-12(6-9(11)2)17-4-5-18-13/h6-7,10,15H,3-5,8H2,1-2H3. The zero-order valence-corrected chi connectivity index (χ0v) is 10.7. The molecule has 4 nitrogen and oxygen atoms in total. The molecule has 98 valence electrons. The summed E-state index contributed by atoms with van der Waals surface area (Å²) in [6.07, 6.45) is 0.628. The predicted molar refractivity (Wildman–Crippen MR) is 67.4 cm³/mol. The summed E-state index contributed by atoms with van der Waals surface area (Å²) in [6.45, 7) is 4.68. The van der Waals surface area contributed by atoms with Crippen molar-refractivity contribution in [2.75, 3.05) is 19.8 Å². The Balaban J connectivity index is 2.36. The molecule has 1 aromatic carbocycles. The molecular weight excluding hydrogens is 232 g/mol. The van der Waals surface area contributed by atoms with Gasteiger partial charge in [0.05, 0.1) is 6.61 Å². The number of ketones is 1. The Labute approximate surface area is 107 Å². The van der Waals surface area contributed by atoms with Crippen LogP contribution in [0.5, 0.6) is 11.5 Å². The zero-order chi connectivity index (χ0) is 13.1. The van der Waals surface area contributed by atoms with Crippen molar-refractivity contribution in [2.24, 2.45) is 5.92 Å². The maximum Gasteiger partial charge on any atom is 0.168 e. The molecule has 0 spiro atoms. The number of rotatable bonds is 4. The average molecular weight is 250 g/mol. The van der Waals surface area contributed by atoms with Crippen molar-refractivity contribution in [1.29, 1.82) is 0 Å². The third-order valence-corrected chi connectivity index (χ3v) is 3.24. The van der Waals surface area contributed by atoms with Crippen LogP contribution >= 0.6 is 0 Å². The Kier molecular flexibility index (Phi) is 3.87. The van der Waals surface area contributed by atoms with E-state index >= 15 is 0 Å². The highest BCUT2D eigenvalue weighted by Gasteiger charge is 2.22. The highest BCUT2D eigenvalue weighted by Crippen LogP contribution is 2.34. The summed E-state index contributed by atoms with van der Waals surface area (Å²) in [7, 11) is 0. The number of aliphatic hydroxyl groups is 1. The van der Waals surface area contributed by atoms with E-state index in [1.54, 1.807) is 6.07 Å². The van der Waals surface area contributed by atoms with Crippen molar-refractivity contribution in [3.63, 3.8) is 0 Å². The van der Waals surface area contributed by atoms with Crippen LogP contribution in [0.1, 0.15) is 29.3 Å². The predicted octanol–water partition coefficient (Wildman–Crippen LogP) is 1.97. The van der Waals surface area contributed by atoms with E-state index in [0.717, 1.165) is 5.56 Å². The fraction of sp³-hybridized carbons (Fsp3) is 0.500. The smallest absolute Gasteiger partial charge is 0.168 e. The Hall–Kier alpha value is -1.55. The van der Waals surface area contributed by atoms with Crippen LogP contribution in [0.2, 0.25) is 0 Å². The minimum atomic E-state index is -0.341. The van der Waals surface area contributed by atoms with E-state index in [1.165, 1.54) is 0 Å². The molecule has 4 heteroatoms. The van der Waals surface area contributed by atoms with Crippen LogP contribution in [-0.2, 0) is 0 Å². The normalized spacial score (nSPS) is 15.3. The summed E-state index contributed by atoms with van der Waals surface area (Å²) in [5.74, 6) is 0.927. The van der Waals surface area contributed by atoms with Crippen LogP contribution in [0, 0.1) is 12.8 Å². The van der Waals surface area contributed by atoms with Gasteiger partial charge in [0.25, 0.3) is 0 Å². The Bertz CT molecular complexity index is 449. The van der Waals surface area contributed by atoms with Gasteiger partial charge in [-0.3, -0.25) is 4.79 Å². The molecule has 18 heavy (non-hydrogen) atoms. The van der Waals surface area contributed by atoms with E-state index in [0.29, 0.717) is 36.7 Å². The van der Waals surface area contributed by atoms with Gasteiger partial charge in [0, 0.05) is 11.5 Å². The minimum Gasteiger partial charge on any atom is -0.486 e. The van der Waals surface area contributed by atoms with Crippen molar-refractivity contribution in [2.45, 2.75) is 20.3 Å². The lowest BCUT2D eigenvalue weighted by atomic mass is 9.93. The summed E-state index contributed by atoms with van der Waals surface area (Å²) >= 11 is 0. The van der Waals surface area contributed by atoms with Gasteiger partial charge in [-0.05, 0) is 31.0 Å². The molecule has 1 aliphatic heterocycles. The van der Waals surface area contributed by atoms with Crippen LogP contribution in [0.3, 0.4) is 0 Å². The molecule has 0 amide bonds. The lowest BCUT2D eigenvalue weighted by molar-refractivity contribution is 0.0854. The highest BCUT2D eigenvalue weighted by atomic mass is 16.6. The van der Waals surface area contributed by atoms with Crippen molar-refractivity contribution in [3.05, 3.63) is 23.3 Å². The molecule has 1 aliphatic rings. The number of benzene rings is 1. The number of Topliss-reactive ketones (excluding diaryl/α,β-unsaturated/α-hetero) is 1. The molecular formula is C14H18O4. The van der Waals surface area contributed by atoms with E-state index in [9.17, 15) is 9.90 Å². The first-order valence-electron chi connectivity index (χ1n) is 6.22. The van der Waals surface area contributed by atoms with E-state index in [2.05, 4.69) is 0 Å². The van der Waals surface area contributed by atoms with Gasteiger partial charge in [-0.1, -0.05) is 6.92 Å². The monoisotopic (exact) mass is 250 g/mol. The SMILES string of the molecule is CCC(CO)C(=O)c1cc2c(cc1C)OCCO2. The van der Waals surface area contributed by atoms with E-state index in [1.807, 2.05) is 19.9 Å². The molecule has 0 saturated heterocycles. The molecule has 0 aliphatic carbocycles. The van der Waals surface area contributed by atoms with Crippen molar-refractivity contribution in [3.8, 4) is 11.5 Å². The van der Waals surface area contributed by atoms with Gasteiger partial charge in [-0.25, -0.2) is 0 Å². The number of hydrogen-bond acceptors (Lipinski definition) is 4. The summed E-state index contributed by atoms with van der Waals surface area (Å²) < 4.78 is 10.9. The largest absolute Gasteiger partial charge is 0.486 e. The molecule has 1 unspecified atom stereocenters. The second-order valence-corrected chi connectivity index (χ2v) is 4.46. The van der Waals surface area contributed by atoms with E-state index in [-0.39, 0.29) is 18.3 Å². The first-order chi connectivity index (χ1) is 8.67. The molecule has 0 saturated carbocycles. The summed E-state index contributed by atoms with van der Waals surface area (Å²) in [5, 5.41) is 9.21. The maximum atomic E-state index is 12.3. The van der Waals surface area contributed by atoms with Gasteiger partial charge < -0.3 is 14.6 Å². The molecule has 0 bridgehead atoms. The first-order valence-corrected chi connectivity index (χ1v) is 6.22. The highest BCUT2D eigenvalue weighted by molar-refractivity contribution is 5.99. The van der Waals surface area contributed by atoms with E-state index < -0.39 is 0 Å². The van der Waals surface area contributed by atoms with Gasteiger partial charge in [0.2, 0.25) is 0 Å². The molecule has 0 aromatic heterocycles. The van der Waals surface area contributed by atoms with Crippen molar-refractivity contribution in [1.82, 2.24) is 0 Å². The molecule has 1 N–H and O–H groups in total. The number of aliphatic hydroxyl groups excluding tert-OH is 1. The van der Waals surface area contributed by atoms with Crippen molar-refractivity contribution < 1.29 is 19.4 Å². The van der Waals surface area contributed by atoms with Gasteiger partial charge in [-0.15, -0.1) is 0 Å². The topological polar surface area (TPSA) is 55.8 Å². The van der Waals surface area contributed by atoms with Crippen LogP contribution in [0.25, 0.3) is 0 Å². The third-order valence-electron chi connectivity index (χ3n) is 3.24. The van der Waals surface area contributed by atoms with Crippen LogP contribution in [0.15, 0.2) is 12.1 Å². The maximum absolute atomic E-state index is 12.3. The number of aryl methyl sites for hydroxylation is 1. The summed E-state index contributed by atoms with van der Waals surface area (Å²) in [6, 6.07) is 3.55. The third kappa shape index (κ3) is 2.34. The summed E-state index contributed by atoms with van der Waals surface area (Å²) in [5.41, 5.74) is 1.47. The lowest BCUT2D eigenvalue weighted by Gasteiger charge is -2.21. The Morgan fingerprint density at radius 1 is 1.33 bits per heavy atom. The van der Waals surface area contributed by atoms with Crippen molar-refractivity contribution >= 4 is 5.78 Å². The fourth-order valence-electron chi connectivity index (χ4n) is 2.07. The number of ether oxygens (including phenoxy) is 2. The van der Waals surface area contributed by atoms with Crippen LogP contribution < -0.4 is 9.47 Å². The number of hydrogen-bond donors (Lipinski definition) is 1. The van der Waals surface area contributed by atoms with Crippen LogP contribution in [0.4, 0.5) is 0 Å². The number of carbonyl (C=O) groups excluding carboxylic acids is 1. The minimum absolute atomic E-state index is 0.0329. The van der Waals surface area contributed by atoms with E-state index in [4.69, 9.17) is 9.47 Å². The first kappa shape index (κ1) is 12.9. The Morgan fingerprint density at radius 2 is 1.94 bits per heavy atom. The van der Waals surface area contributed by atoms with Gasteiger partial charge in [-0.2, -0.15) is 0 Å². The molecule has 1 heterocycles. The second-order valence-electron chi connectivity index (χ2n) is 4.46. The average Bonchev–Trinajstić information content (AvgIpc) is 2.39. The summed E-state index contributed by atoms with van der Waals surface area (Å²) in [4.78, 5) is 12.3. The van der Waals surface area contributed by atoms with Gasteiger partial charge >= 0.3 is 0 Å². The molecule has 1 aromatic rings. The van der Waals surface area contributed by atoms with Gasteiger partial charge in [0.1, 0.15) is 13.2 Å². The van der Waals surface area contributed by atoms with Gasteiger partial charge in [0.15, 0.2) is 17.3 Å². The molecule has 0 fully saturated rings. The molecule has 0 radical (unpaired) electrons. The van der Waals surface area contributed by atoms with Crippen LogP contribution in [-0.4, -0.2) is 30.7 Å². The Morgan fingerprint density at radius 3 is 2.50 bits per heavy atom. The number of fused-ring (bicyclic) bond motifs is 1.